The highest BCUT2D eigenvalue weighted by molar-refractivity contribution is 7.98. The molecule has 0 bridgehead atoms. The molecule has 0 amide bonds. The molecule has 2 aliphatic heterocycles. The maximum Gasteiger partial charge on any atom is 0.0741 e. The minimum atomic E-state index is 0.118. The fraction of sp³-hybridized carbons (Fsp3) is 1.00. The third kappa shape index (κ3) is 4.12. The van der Waals surface area contributed by atoms with E-state index < -0.39 is 0 Å². The summed E-state index contributed by atoms with van der Waals surface area (Å²) in [4.78, 5) is 0. The van der Waals surface area contributed by atoms with E-state index in [1.165, 1.54) is 18.6 Å². The molecule has 2 unspecified atom stereocenters. The monoisotopic (exact) mass is 273 g/mol. The van der Waals surface area contributed by atoms with Crippen LogP contribution in [0.25, 0.3) is 0 Å². The minimum absolute atomic E-state index is 0.118. The van der Waals surface area contributed by atoms with Crippen LogP contribution < -0.4 is 5.32 Å². The van der Waals surface area contributed by atoms with Crippen LogP contribution in [0.4, 0.5) is 0 Å². The molecule has 2 aliphatic rings. The summed E-state index contributed by atoms with van der Waals surface area (Å²) in [6.45, 7) is 4.96. The van der Waals surface area contributed by atoms with Crippen molar-refractivity contribution in [3.8, 4) is 0 Å². The van der Waals surface area contributed by atoms with E-state index >= 15 is 0 Å². The van der Waals surface area contributed by atoms with Crippen molar-refractivity contribution >= 4 is 11.8 Å². The van der Waals surface area contributed by atoms with Gasteiger partial charge in [-0.05, 0) is 51.0 Å². The Hall–Kier alpha value is 0.230. The zero-order chi connectivity index (χ0) is 12.8. The standard InChI is InChI=1S/C14H27NO2S/c1-12(4-10-18-2)15-13-3-7-17-14(11-13)5-8-16-9-6-14/h12-13,15H,3-11H2,1-2H3. The van der Waals surface area contributed by atoms with E-state index in [0.29, 0.717) is 12.1 Å². The number of rotatable bonds is 5. The Bertz CT molecular complexity index is 238. The van der Waals surface area contributed by atoms with E-state index in [-0.39, 0.29) is 5.60 Å². The van der Waals surface area contributed by atoms with E-state index in [1.807, 2.05) is 11.8 Å². The average Bonchev–Trinajstić information content (AvgIpc) is 2.37. The second-order valence-electron chi connectivity index (χ2n) is 5.68. The lowest BCUT2D eigenvalue weighted by atomic mass is 9.84. The molecule has 4 heteroatoms. The van der Waals surface area contributed by atoms with Crippen LogP contribution in [-0.4, -0.2) is 49.5 Å². The largest absolute Gasteiger partial charge is 0.381 e. The lowest BCUT2D eigenvalue weighted by molar-refractivity contribution is -0.140. The highest BCUT2D eigenvalue weighted by Gasteiger charge is 2.39. The zero-order valence-corrected chi connectivity index (χ0v) is 12.6. The summed E-state index contributed by atoms with van der Waals surface area (Å²) >= 11 is 1.93. The molecule has 0 aliphatic carbocycles. The van der Waals surface area contributed by atoms with Gasteiger partial charge in [0.1, 0.15) is 0 Å². The smallest absolute Gasteiger partial charge is 0.0741 e. The van der Waals surface area contributed by atoms with E-state index in [0.717, 1.165) is 39.1 Å². The topological polar surface area (TPSA) is 30.5 Å². The van der Waals surface area contributed by atoms with Gasteiger partial charge in [0.05, 0.1) is 5.60 Å². The van der Waals surface area contributed by atoms with Crippen LogP contribution in [0, 0.1) is 0 Å². The Balaban J connectivity index is 1.79. The summed E-state index contributed by atoms with van der Waals surface area (Å²) in [5.41, 5.74) is 0.118. The quantitative estimate of drug-likeness (QED) is 0.833. The number of ether oxygens (including phenoxy) is 2. The fourth-order valence-corrected chi connectivity index (χ4v) is 3.63. The van der Waals surface area contributed by atoms with Gasteiger partial charge in [0.2, 0.25) is 0 Å². The van der Waals surface area contributed by atoms with Crippen LogP contribution in [0.15, 0.2) is 0 Å². The summed E-state index contributed by atoms with van der Waals surface area (Å²) in [7, 11) is 0. The predicted molar refractivity (Wildman–Crippen MR) is 77.4 cm³/mol. The van der Waals surface area contributed by atoms with Gasteiger partial charge >= 0.3 is 0 Å². The van der Waals surface area contributed by atoms with Gasteiger partial charge in [0.25, 0.3) is 0 Å². The van der Waals surface area contributed by atoms with E-state index in [9.17, 15) is 0 Å². The number of hydrogen-bond donors (Lipinski definition) is 1. The maximum atomic E-state index is 6.08. The second kappa shape index (κ2) is 7.13. The van der Waals surface area contributed by atoms with E-state index in [4.69, 9.17) is 9.47 Å². The van der Waals surface area contributed by atoms with Crippen molar-refractivity contribution in [2.45, 2.75) is 56.7 Å². The van der Waals surface area contributed by atoms with Gasteiger partial charge < -0.3 is 14.8 Å². The number of thioether (sulfide) groups is 1. The Labute approximate surface area is 115 Å². The van der Waals surface area contributed by atoms with Crippen LogP contribution in [0.2, 0.25) is 0 Å². The van der Waals surface area contributed by atoms with Crippen molar-refractivity contribution in [1.29, 1.82) is 0 Å². The van der Waals surface area contributed by atoms with E-state index in [1.54, 1.807) is 0 Å². The van der Waals surface area contributed by atoms with Gasteiger partial charge in [0, 0.05) is 31.9 Å². The molecule has 2 heterocycles. The zero-order valence-electron chi connectivity index (χ0n) is 11.7. The van der Waals surface area contributed by atoms with Crippen LogP contribution in [0.3, 0.4) is 0 Å². The SMILES string of the molecule is CSCCC(C)NC1CCOC2(CCOCC2)C1. The summed E-state index contributed by atoms with van der Waals surface area (Å²) < 4.78 is 11.5. The van der Waals surface area contributed by atoms with Crippen molar-refractivity contribution in [1.82, 2.24) is 5.32 Å². The summed E-state index contributed by atoms with van der Waals surface area (Å²) in [5.74, 6) is 1.25. The highest BCUT2D eigenvalue weighted by atomic mass is 32.2. The Morgan fingerprint density at radius 1 is 1.33 bits per heavy atom. The molecule has 1 N–H and O–H groups in total. The fourth-order valence-electron chi connectivity index (χ4n) is 3.04. The van der Waals surface area contributed by atoms with Gasteiger partial charge in [-0.2, -0.15) is 11.8 Å². The molecule has 2 fully saturated rings. The first-order chi connectivity index (χ1) is 8.74. The first-order valence-electron chi connectivity index (χ1n) is 7.21. The molecule has 0 aromatic rings. The molecule has 1 spiro atoms. The number of hydrogen-bond acceptors (Lipinski definition) is 4. The maximum absolute atomic E-state index is 6.08. The molecular formula is C14H27NO2S. The molecule has 2 rings (SSSR count). The van der Waals surface area contributed by atoms with Crippen LogP contribution in [0.5, 0.6) is 0 Å². The average molecular weight is 273 g/mol. The molecule has 3 nitrogen and oxygen atoms in total. The number of nitrogens with one attached hydrogen (secondary N) is 1. The second-order valence-corrected chi connectivity index (χ2v) is 6.67. The van der Waals surface area contributed by atoms with Crippen molar-refractivity contribution in [2.24, 2.45) is 0 Å². The van der Waals surface area contributed by atoms with Crippen molar-refractivity contribution in [3.05, 3.63) is 0 Å². The minimum Gasteiger partial charge on any atom is -0.381 e. The Morgan fingerprint density at radius 2 is 2.11 bits per heavy atom. The van der Waals surface area contributed by atoms with Gasteiger partial charge in [-0.15, -0.1) is 0 Å². The van der Waals surface area contributed by atoms with Crippen molar-refractivity contribution in [2.75, 3.05) is 31.8 Å². The molecular weight excluding hydrogens is 246 g/mol. The van der Waals surface area contributed by atoms with Crippen molar-refractivity contribution in [3.63, 3.8) is 0 Å². The summed E-state index contributed by atoms with van der Waals surface area (Å²) in [6, 6.07) is 1.26. The van der Waals surface area contributed by atoms with Crippen LogP contribution in [-0.2, 0) is 9.47 Å². The third-order valence-corrected chi connectivity index (χ3v) is 4.82. The molecule has 0 saturated carbocycles. The Morgan fingerprint density at radius 3 is 2.83 bits per heavy atom. The van der Waals surface area contributed by atoms with Crippen LogP contribution in [0.1, 0.15) is 39.0 Å². The van der Waals surface area contributed by atoms with Gasteiger partial charge in [-0.1, -0.05) is 0 Å². The lowest BCUT2D eigenvalue weighted by Gasteiger charge is -2.44. The van der Waals surface area contributed by atoms with Crippen molar-refractivity contribution < 1.29 is 9.47 Å². The summed E-state index contributed by atoms with van der Waals surface area (Å²) in [5, 5.41) is 3.79. The van der Waals surface area contributed by atoms with Gasteiger partial charge in [-0.3, -0.25) is 0 Å². The normalized spacial score (nSPS) is 29.3. The highest BCUT2D eigenvalue weighted by Crippen LogP contribution is 2.34. The summed E-state index contributed by atoms with van der Waals surface area (Å²) in [6.07, 6.45) is 7.91. The molecule has 106 valence electrons. The lowest BCUT2D eigenvalue weighted by Crippen LogP contribution is -2.51. The molecule has 18 heavy (non-hydrogen) atoms. The van der Waals surface area contributed by atoms with Gasteiger partial charge in [-0.25, -0.2) is 0 Å². The predicted octanol–water partition coefficient (Wildman–Crippen LogP) is 2.45. The molecule has 0 aromatic heterocycles. The molecule has 0 aromatic carbocycles. The first-order valence-corrected chi connectivity index (χ1v) is 8.60. The Kier molecular flexibility index (Phi) is 5.80. The molecule has 2 atom stereocenters. The van der Waals surface area contributed by atoms with E-state index in [2.05, 4.69) is 18.5 Å². The first kappa shape index (κ1) is 14.6. The third-order valence-electron chi connectivity index (χ3n) is 4.17. The molecule has 0 radical (unpaired) electrons. The van der Waals surface area contributed by atoms with Gasteiger partial charge in [0.15, 0.2) is 0 Å². The van der Waals surface area contributed by atoms with Crippen LogP contribution >= 0.6 is 11.8 Å². The molecule has 2 saturated heterocycles.